The molecule has 0 spiro atoms. The Morgan fingerprint density at radius 3 is 2.80 bits per heavy atom. The highest BCUT2D eigenvalue weighted by molar-refractivity contribution is 7.99. The van der Waals surface area contributed by atoms with Crippen molar-refractivity contribution in [3.63, 3.8) is 0 Å². The number of carbonyl (C=O) groups is 1. The van der Waals surface area contributed by atoms with Gasteiger partial charge in [-0.3, -0.25) is 0 Å². The number of aromatic carboxylic acids is 1. The monoisotopic (exact) mass is 291 g/mol. The number of nitrogens with zero attached hydrogens (tertiary/aromatic N) is 1. The van der Waals surface area contributed by atoms with Crippen LogP contribution in [0.4, 0.5) is 0 Å². The van der Waals surface area contributed by atoms with Crippen LogP contribution in [0.3, 0.4) is 0 Å². The van der Waals surface area contributed by atoms with Gasteiger partial charge in [0.05, 0.1) is 0 Å². The van der Waals surface area contributed by atoms with Crippen molar-refractivity contribution >= 4 is 17.7 Å². The molecule has 1 aliphatic heterocycles. The molecule has 1 aromatic carbocycles. The van der Waals surface area contributed by atoms with Gasteiger partial charge in [0.15, 0.2) is 0 Å². The van der Waals surface area contributed by atoms with Crippen molar-refractivity contribution in [1.82, 2.24) is 5.16 Å². The first-order chi connectivity index (χ1) is 9.72. The van der Waals surface area contributed by atoms with Crippen LogP contribution in [0.15, 0.2) is 34.9 Å². The highest BCUT2D eigenvalue weighted by Gasteiger charge is 2.17. The number of ether oxygens (including phenoxy) is 1. The van der Waals surface area contributed by atoms with E-state index in [0.717, 1.165) is 29.2 Å². The Bertz CT molecular complexity index is 602. The van der Waals surface area contributed by atoms with Crippen LogP contribution in [0, 0.1) is 0 Å². The molecule has 1 aromatic heterocycles. The SMILES string of the molecule is O=C(O)c1cc(-c2ccc(OC3CCSC3)cc2)no1. The molecule has 1 unspecified atom stereocenters. The quantitative estimate of drug-likeness (QED) is 0.933. The Morgan fingerprint density at radius 1 is 1.40 bits per heavy atom. The number of carboxylic acid groups (broad SMARTS) is 1. The lowest BCUT2D eigenvalue weighted by molar-refractivity contribution is 0.0652. The minimum Gasteiger partial charge on any atom is -0.490 e. The third-order valence-electron chi connectivity index (χ3n) is 3.06. The van der Waals surface area contributed by atoms with Gasteiger partial charge < -0.3 is 14.4 Å². The molecular weight excluding hydrogens is 278 g/mol. The van der Waals surface area contributed by atoms with Gasteiger partial charge in [0, 0.05) is 17.4 Å². The van der Waals surface area contributed by atoms with Gasteiger partial charge >= 0.3 is 5.97 Å². The fourth-order valence-electron chi connectivity index (χ4n) is 2.01. The summed E-state index contributed by atoms with van der Waals surface area (Å²) in [5.74, 6) is 1.72. The zero-order valence-corrected chi connectivity index (χ0v) is 11.4. The maximum absolute atomic E-state index is 10.7. The van der Waals surface area contributed by atoms with Crippen LogP contribution in [0.2, 0.25) is 0 Å². The van der Waals surface area contributed by atoms with Gasteiger partial charge in [-0.25, -0.2) is 4.79 Å². The molecule has 2 heterocycles. The Labute approximate surface area is 119 Å². The second-order valence-electron chi connectivity index (χ2n) is 4.51. The maximum Gasteiger partial charge on any atom is 0.374 e. The van der Waals surface area contributed by atoms with Gasteiger partial charge in [-0.2, -0.15) is 11.8 Å². The number of benzene rings is 1. The van der Waals surface area contributed by atoms with E-state index in [1.54, 1.807) is 0 Å². The number of hydrogen-bond acceptors (Lipinski definition) is 5. The molecule has 0 aliphatic carbocycles. The van der Waals surface area contributed by atoms with Gasteiger partial charge in [-0.1, -0.05) is 5.16 Å². The van der Waals surface area contributed by atoms with Crippen LogP contribution in [0.1, 0.15) is 17.0 Å². The molecule has 20 heavy (non-hydrogen) atoms. The second-order valence-corrected chi connectivity index (χ2v) is 5.66. The lowest BCUT2D eigenvalue weighted by atomic mass is 10.1. The molecule has 104 valence electrons. The molecular formula is C14H13NO4S. The third kappa shape index (κ3) is 2.80. The average molecular weight is 291 g/mol. The van der Waals surface area contributed by atoms with Crippen LogP contribution >= 0.6 is 11.8 Å². The lowest BCUT2D eigenvalue weighted by Crippen LogP contribution is -2.14. The van der Waals surface area contributed by atoms with E-state index in [1.807, 2.05) is 36.0 Å². The highest BCUT2D eigenvalue weighted by atomic mass is 32.2. The molecule has 6 heteroatoms. The van der Waals surface area contributed by atoms with E-state index >= 15 is 0 Å². The summed E-state index contributed by atoms with van der Waals surface area (Å²) in [5.41, 5.74) is 1.31. The molecule has 0 bridgehead atoms. The summed E-state index contributed by atoms with van der Waals surface area (Å²) in [6.45, 7) is 0. The van der Waals surface area contributed by atoms with Crippen LogP contribution in [0.5, 0.6) is 5.75 Å². The minimum atomic E-state index is -1.12. The van der Waals surface area contributed by atoms with Crippen molar-refractivity contribution < 1.29 is 19.2 Å². The molecule has 1 aliphatic rings. The average Bonchev–Trinajstić information content (AvgIpc) is 3.10. The standard InChI is InChI=1S/C14H13NO4S/c16-14(17)13-7-12(15-19-13)9-1-3-10(4-2-9)18-11-5-6-20-8-11/h1-4,7,11H,5-6,8H2,(H,16,17). The van der Waals surface area contributed by atoms with Crippen molar-refractivity contribution in [2.24, 2.45) is 0 Å². The van der Waals surface area contributed by atoms with E-state index in [4.69, 9.17) is 14.4 Å². The number of aromatic nitrogens is 1. The normalized spacial score (nSPS) is 18.1. The van der Waals surface area contributed by atoms with E-state index < -0.39 is 5.97 Å². The smallest absolute Gasteiger partial charge is 0.374 e. The predicted molar refractivity (Wildman–Crippen MR) is 75.3 cm³/mol. The molecule has 0 saturated carbocycles. The van der Waals surface area contributed by atoms with E-state index in [1.165, 1.54) is 6.07 Å². The molecule has 0 radical (unpaired) electrons. The lowest BCUT2D eigenvalue weighted by Gasteiger charge is -2.12. The van der Waals surface area contributed by atoms with E-state index in [-0.39, 0.29) is 11.9 Å². The largest absolute Gasteiger partial charge is 0.490 e. The van der Waals surface area contributed by atoms with Crippen molar-refractivity contribution in [2.75, 3.05) is 11.5 Å². The van der Waals surface area contributed by atoms with Gasteiger partial charge in [0.1, 0.15) is 17.5 Å². The summed E-state index contributed by atoms with van der Waals surface area (Å²) < 4.78 is 10.6. The zero-order valence-electron chi connectivity index (χ0n) is 10.6. The first-order valence-electron chi connectivity index (χ1n) is 6.27. The van der Waals surface area contributed by atoms with Crippen LogP contribution in [-0.4, -0.2) is 33.8 Å². The Kier molecular flexibility index (Phi) is 3.64. The summed E-state index contributed by atoms with van der Waals surface area (Å²) >= 11 is 1.90. The number of rotatable bonds is 4. The summed E-state index contributed by atoms with van der Waals surface area (Å²) in [4.78, 5) is 10.7. The molecule has 1 N–H and O–H groups in total. The van der Waals surface area contributed by atoms with E-state index in [9.17, 15) is 4.79 Å². The molecule has 5 nitrogen and oxygen atoms in total. The van der Waals surface area contributed by atoms with Crippen LogP contribution in [-0.2, 0) is 0 Å². The van der Waals surface area contributed by atoms with Gasteiger partial charge in [0.2, 0.25) is 5.76 Å². The van der Waals surface area contributed by atoms with E-state index in [0.29, 0.717) is 5.69 Å². The number of carboxylic acids is 1. The molecule has 3 rings (SSSR count). The third-order valence-corrected chi connectivity index (χ3v) is 4.19. The van der Waals surface area contributed by atoms with Crippen LogP contribution < -0.4 is 4.74 Å². The summed E-state index contributed by atoms with van der Waals surface area (Å²) in [6, 6.07) is 8.84. The summed E-state index contributed by atoms with van der Waals surface area (Å²) in [6.07, 6.45) is 1.37. The van der Waals surface area contributed by atoms with E-state index in [2.05, 4.69) is 5.16 Å². The number of thioether (sulfide) groups is 1. The first kappa shape index (κ1) is 13.1. The van der Waals surface area contributed by atoms with Gasteiger partial charge in [-0.15, -0.1) is 0 Å². The minimum absolute atomic E-state index is 0.164. The van der Waals surface area contributed by atoms with Crippen molar-refractivity contribution in [2.45, 2.75) is 12.5 Å². The highest BCUT2D eigenvalue weighted by Crippen LogP contribution is 2.26. The fourth-order valence-corrected chi connectivity index (χ4v) is 3.11. The molecule has 1 fully saturated rings. The second kappa shape index (κ2) is 5.58. The molecule has 2 aromatic rings. The zero-order chi connectivity index (χ0) is 13.9. The Hall–Kier alpha value is -1.95. The first-order valence-corrected chi connectivity index (χ1v) is 7.43. The summed E-state index contributed by atoms with van der Waals surface area (Å²) in [7, 11) is 0. The molecule has 1 saturated heterocycles. The molecule has 0 amide bonds. The Morgan fingerprint density at radius 2 is 2.20 bits per heavy atom. The maximum atomic E-state index is 10.7. The van der Waals surface area contributed by atoms with Crippen molar-refractivity contribution in [3.8, 4) is 17.0 Å². The topological polar surface area (TPSA) is 72.6 Å². The fraction of sp³-hybridized carbons (Fsp3) is 0.286. The predicted octanol–water partition coefficient (Wildman–Crippen LogP) is 2.92. The van der Waals surface area contributed by atoms with Gasteiger partial charge in [-0.05, 0) is 36.4 Å². The number of hydrogen-bond donors (Lipinski definition) is 1. The van der Waals surface area contributed by atoms with Crippen molar-refractivity contribution in [1.29, 1.82) is 0 Å². The van der Waals surface area contributed by atoms with Gasteiger partial charge in [0.25, 0.3) is 0 Å². The van der Waals surface area contributed by atoms with Crippen LogP contribution in [0.25, 0.3) is 11.3 Å². The summed E-state index contributed by atoms with van der Waals surface area (Å²) in [5, 5.41) is 12.5. The molecule has 1 atom stereocenters. The van der Waals surface area contributed by atoms with Crippen molar-refractivity contribution in [3.05, 3.63) is 36.1 Å². The Balaban J connectivity index is 1.72.